The van der Waals surface area contributed by atoms with E-state index in [4.69, 9.17) is 0 Å². The van der Waals surface area contributed by atoms with E-state index in [-0.39, 0.29) is 11.6 Å². The fraction of sp³-hybridized carbons (Fsp3) is 0. The van der Waals surface area contributed by atoms with E-state index >= 15 is 0 Å². The molecule has 0 saturated carbocycles. The maximum absolute atomic E-state index is 14.7. The number of hydrogen-bond donors (Lipinski definition) is 0. The van der Waals surface area contributed by atoms with Gasteiger partial charge in [0.1, 0.15) is 11.6 Å². The Morgan fingerprint density at radius 1 is 0.319 bits per heavy atom. The smallest absolute Gasteiger partial charge is 0.123 e. The van der Waals surface area contributed by atoms with E-state index in [1.54, 1.807) is 12.1 Å². The molecule has 0 aliphatic carbocycles. The van der Waals surface area contributed by atoms with Crippen molar-refractivity contribution in [2.75, 3.05) is 0 Å². The summed E-state index contributed by atoms with van der Waals surface area (Å²) >= 11 is 1.91. The summed E-state index contributed by atoms with van der Waals surface area (Å²) in [7, 11) is 0. The van der Waals surface area contributed by atoms with Crippen LogP contribution in [0.5, 0.6) is 0 Å². The molecule has 214 valence electrons. The van der Waals surface area contributed by atoms with Gasteiger partial charge in [0.05, 0.1) is 0 Å². The predicted octanol–water partition coefficient (Wildman–Crippen LogP) is 13.6. The molecule has 1 heterocycles. The van der Waals surface area contributed by atoms with Crippen LogP contribution in [0.15, 0.2) is 109 Å². The minimum Gasteiger partial charge on any atom is -0.207 e. The molecule has 0 N–H and O–H groups in total. The zero-order valence-electron chi connectivity index (χ0n) is 24.6. The predicted molar refractivity (Wildman–Crippen MR) is 199 cm³/mol. The average Bonchev–Trinajstić information content (AvgIpc) is 3.73. The van der Waals surface area contributed by atoms with E-state index < -0.39 is 0 Å². The van der Waals surface area contributed by atoms with Crippen LogP contribution in [0.4, 0.5) is 8.78 Å². The van der Waals surface area contributed by atoms with Gasteiger partial charge >= 0.3 is 0 Å². The summed E-state index contributed by atoms with van der Waals surface area (Å²) in [6, 6.07) is 37.5. The molecule has 13 aromatic rings. The maximum Gasteiger partial charge on any atom is 0.123 e. The fourth-order valence-electron chi connectivity index (χ4n) is 9.60. The van der Waals surface area contributed by atoms with Crippen LogP contribution in [-0.4, -0.2) is 0 Å². The molecule has 0 saturated heterocycles. The van der Waals surface area contributed by atoms with Crippen LogP contribution < -0.4 is 0 Å². The van der Waals surface area contributed by atoms with E-state index in [2.05, 4.69) is 72.8 Å². The first-order chi connectivity index (χ1) is 23.1. The Morgan fingerprint density at radius 3 is 1.51 bits per heavy atom. The number of benzene rings is 10. The molecule has 0 unspecified atom stereocenters. The third-order valence-corrected chi connectivity index (χ3v) is 12.5. The summed E-state index contributed by atoms with van der Waals surface area (Å²) in [5.41, 5.74) is 0. The average molecular weight is 617 g/mol. The van der Waals surface area contributed by atoms with Gasteiger partial charge in [0.15, 0.2) is 0 Å². The van der Waals surface area contributed by atoms with Gasteiger partial charge in [-0.1, -0.05) is 54.6 Å². The zero-order valence-corrected chi connectivity index (χ0v) is 25.4. The van der Waals surface area contributed by atoms with Gasteiger partial charge in [0.25, 0.3) is 0 Å². The second kappa shape index (κ2) is 7.49. The van der Waals surface area contributed by atoms with E-state index in [1.807, 2.05) is 23.5 Å². The topological polar surface area (TPSA) is 0 Å². The molecule has 3 heteroatoms. The van der Waals surface area contributed by atoms with Gasteiger partial charge < -0.3 is 0 Å². The Hall–Kier alpha value is -5.64. The summed E-state index contributed by atoms with van der Waals surface area (Å²) < 4.78 is 32.2. The molecular formula is C44H18F2S. The monoisotopic (exact) mass is 616 g/mol. The van der Waals surface area contributed by atoms with E-state index in [0.29, 0.717) is 0 Å². The van der Waals surface area contributed by atoms with Crippen LogP contribution >= 0.6 is 11.3 Å². The first-order valence-corrected chi connectivity index (χ1v) is 16.8. The first kappa shape index (κ1) is 23.7. The summed E-state index contributed by atoms with van der Waals surface area (Å²) in [4.78, 5) is 0. The van der Waals surface area contributed by atoms with Gasteiger partial charge in [0.2, 0.25) is 0 Å². The molecule has 0 fully saturated rings. The number of rotatable bonds is 0. The van der Waals surface area contributed by atoms with Crippen molar-refractivity contribution in [3.63, 3.8) is 0 Å². The van der Waals surface area contributed by atoms with Gasteiger partial charge in [-0.2, -0.15) is 0 Å². The molecule has 0 aliphatic heterocycles. The minimum atomic E-state index is -0.315. The SMILES string of the molecule is Fc1ccc2c(c1)c1cc(F)ccc1c1c3cc4cc5ccc6c7c8ccccc8sc7c7cc8cc9ccc(c21)c3c9c4c8c5c76. The van der Waals surface area contributed by atoms with Crippen molar-refractivity contribution < 1.29 is 8.78 Å². The molecule has 0 nitrogen and oxygen atoms in total. The largest absolute Gasteiger partial charge is 0.207 e. The molecule has 1 aromatic heterocycles. The van der Waals surface area contributed by atoms with Crippen molar-refractivity contribution in [1.29, 1.82) is 0 Å². The highest BCUT2D eigenvalue weighted by atomic mass is 32.1. The van der Waals surface area contributed by atoms with Crippen molar-refractivity contribution in [1.82, 2.24) is 0 Å². The maximum atomic E-state index is 14.7. The number of hydrogen-bond acceptors (Lipinski definition) is 1. The van der Waals surface area contributed by atoms with Crippen LogP contribution in [0.1, 0.15) is 0 Å². The van der Waals surface area contributed by atoms with Gasteiger partial charge in [0, 0.05) is 25.6 Å². The lowest BCUT2D eigenvalue weighted by atomic mass is 9.85. The molecule has 0 radical (unpaired) electrons. The van der Waals surface area contributed by atoms with Gasteiger partial charge in [-0.3, -0.25) is 0 Å². The van der Waals surface area contributed by atoms with Crippen LogP contribution in [0.3, 0.4) is 0 Å². The summed E-state index contributed by atoms with van der Waals surface area (Å²) in [5, 5.41) is 26.3. The fourth-order valence-corrected chi connectivity index (χ4v) is 10.8. The Labute approximate surface area is 267 Å². The third-order valence-electron chi connectivity index (χ3n) is 11.3. The van der Waals surface area contributed by atoms with Crippen molar-refractivity contribution in [3.8, 4) is 0 Å². The van der Waals surface area contributed by atoms with Crippen LogP contribution in [0.2, 0.25) is 0 Å². The second-order valence-electron chi connectivity index (χ2n) is 13.4. The zero-order chi connectivity index (χ0) is 30.4. The first-order valence-electron chi connectivity index (χ1n) is 16.0. The summed E-state index contributed by atoms with van der Waals surface area (Å²) in [6.07, 6.45) is 0. The molecule has 0 aliphatic rings. The number of fused-ring (bicyclic) bond motifs is 13. The standard InChI is InChI=1S/C44H18F2S/c45-23-7-11-25-30(17-23)31-18-24(46)8-12-26(31)40-32-15-21-13-20-6-10-29-42-33(44-43(29)27-3-1-2-4-34(27)47-44)16-22-14-19-5-9-28(39(25)40)41(32)35(19)37(21)38(22)36(20)42/h1-18H. The third kappa shape index (κ3) is 2.53. The molecular weight excluding hydrogens is 599 g/mol. The molecule has 12 aromatic carbocycles. The summed E-state index contributed by atoms with van der Waals surface area (Å²) in [6.45, 7) is 0. The Bertz CT molecular complexity index is 3530. The molecule has 0 spiro atoms. The van der Waals surface area contributed by atoms with Crippen LogP contribution in [-0.2, 0) is 0 Å². The number of halogens is 2. The highest BCUT2D eigenvalue weighted by molar-refractivity contribution is 7.27. The lowest BCUT2D eigenvalue weighted by molar-refractivity contribution is 0.628. The van der Waals surface area contributed by atoms with Crippen LogP contribution in [0, 0.1) is 11.6 Å². The highest BCUT2D eigenvalue weighted by Gasteiger charge is 2.26. The van der Waals surface area contributed by atoms with Crippen molar-refractivity contribution in [3.05, 3.63) is 121 Å². The quantitative estimate of drug-likeness (QED) is 0.117. The Morgan fingerprint density at radius 2 is 0.830 bits per heavy atom. The highest BCUT2D eigenvalue weighted by Crippen LogP contribution is 2.55. The van der Waals surface area contributed by atoms with Gasteiger partial charge in [-0.25, -0.2) is 8.78 Å². The van der Waals surface area contributed by atoms with E-state index in [9.17, 15) is 8.78 Å². The minimum absolute atomic E-state index is 0.315. The molecule has 0 amide bonds. The van der Waals surface area contributed by atoms with E-state index in [0.717, 1.165) is 32.3 Å². The van der Waals surface area contributed by atoms with Crippen molar-refractivity contribution >= 4 is 139 Å². The van der Waals surface area contributed by atoms with Crippen molar-refractivity contribution in [2.45, 2.75) is 0 Å². The lowest BCUT2D eigenvalue weighted by Crippen LogP contribution is -1.89. The summed E-state index contributed by atoms with van der Waals surface area (Å²) in [5.74, 6) is -0.630. The molecule has 47 heavy (non-hydrogen) atoms. The van der Waals surface area contributed by atoms with Crippen molar-refractivity contribution in [2.24, 2.45) is 0 Å². The Kier molecular flexibility index (Phi) is 3.77. The Balaban J connectivity index is 1.32. The van der Waals surface area contributed by atoms with E-state index in [1.165, 1.54) is 108 Å². The molecule has 0 atom stereocenters. The molecule has 0 bridgehead atoms. The molecule has 13 rings (SSSR count). The lowest BCUT2D eigenvalue weighted by Gasteiger charge is -2.18. The number of thiophene rings is 1. The van der Waals surface area contributed by atoms with Crippen LogP contribution in [0.25, 0.3) is 128 Å². The van der Waals surface area contributed by atoms with Gasteiger partial charge in [-0.15, -0.1) is 11.3 Å². The normalized spacial score (nSPS) is 13.3. The van der Waals surface area contributed by atoms with Gasteiger partial charge in [-0.05, 0) is 157 Å². The second-order valence-corrected chi connectivity index (χ2v) is 14.5.